The number of hydrogen-bond donors (Lipinski definition) is 2. The lowest BCUT2D eigenvalue weighted by molar-refractivity contribution is 0.0601. The van der Waals surface area contributed by atoms with Gasteiger partial charge in [0.25, 0.3) is 0 Å². The van der Waals surface area contributed by atoms with Gasteiger partial charge in [0.1, 0.15) is 0 Å². The molecule has 0 saturated carbocycles. The van der Waals surface area contributed by atoms with Gasteiger partial charge in [-0.15, -0.1) is 0 Å². The van der Waals surface area contributed by atoms with Crippen molar-refractivity contribution in [3.8, 4) is 11.5 Å². The number of phenolic OH excluding ortho intramolecular Hbond substituents is 1. The van der Waals surface area contributed by atoms with Gasteiger partial charge in [0.2, 0.25) is 0 Å². The molecule has 0 radical (unpaired) electrons. The maximum atomic E-state index is 11.3. The molecule has 0 aliphatic heterocycles. The monoisotopic (exact) mass is 314 g/mol. The van der Waals surface area contributed by atoms with E-state index in [1.807, 2.05) is 6.92 Å². The van der Waals surface area contributed by atoms with Gasteiger partial charge in [-0.2, -0.15) is 5.10 Å². The number of anilines is 1. The number of hydrogen-bond acceptors (Lipinski definition) is 6. The van der Waals surface area contributed by atoms with Crippen LogP contribution in [0.4, 0.5) is 5.69 Å². The minimum atomic E-state index is -0.382. The summed E-state index contributed by atoms with van der Waals surface area (Å²) in [5, 5.41) is 13.7. The third-order valence-electron chi connectivity index (χ3n) is 3.00. The predicted octanol–water partition coefficient (Wildman–Crippen LogP) is 3.02. The molecule has 0 atom stereocenters. The Morgan fingerprint density at radius 2 is 2.00 bits per heavy atom. The molecule has 0 heterocycles. The lowest BCUT2D eigenvalue weighted by Gasteiger charge is -2.06. The van der Waals surface area contributed by atoms with Crippen LogP contribution in [0, 0.1) is 0 Å². The van der Waals surface area contributed by atoms with Gasteiger partial charge < -0.3 is 14.6 Å². The number of carbonyl (C=O) groups excluding carboxylic acids is 1. The maximum absolute atomic E-state index is 11.3. The van der Waals surface area contributed by atoms with Crippen molar-refractivity contribution in [3.63, 3.8) is 0 Å². The number of carbonyl (C=O) groups is 1. The number of benzene rings is 2. The molecule has 120 valence electrons. The van der Waals surface area contributed by atoms with Crippen molar-refractivity contribution in [2.24, 2.45) is 5.10 Å². The Morgan fingerprint density at radius 3 is 2.65 bits per heavy atom. The van der Waals surface area contributed by atoms with Gasteiger partial charge in [-0.25, -0.2) is 4.79 Å². The Kier molecular flexibility index (Phi) is 5.57. The highest BCUT2D eigenvalue weighted by atomic mass is 16.5. The maximum Gasteiger partial charge on any atom is 0.337 e. The number of phenols is 1. The van der Waals surface area contributed by atoms with E-state index in [4.69, 9.17) is 4.74 Å². The highest BCUT2D eigenvalue weighted by molar-refractivity contribution is 5.89. The Hall–Kier alpha value is -3.02. The molecule has 23 heavy (non-hydrogen) atoms. The summed E-state index contributed by atoms with van der Waals surface area (Å²) in [6, 6.07) is 11.7. The first-order chi connectivity index (χ1) is 11.1. The normalized spacial score (nSPS) is 10.5. The Labute approximate surface area is 134 Å². The Bertz CT molecular complexity index is 696. The largest absolute Gasteiger partial charge is 0.504 e. The average Bonchev–Trinajstić information content (AvgIpc) is 2.58. The third kappa shape index (κ3) is 4.47. The molecule has 0 fully saturated rings. The minimum Gasteiger partial charge on any atom is -0.504 e. The molecule has 2 N–H and O–H groups in total. The van der Waals surface area contributed by atoms with E-state index < -0.39 is 0 Å². The highest BCUT2D eigenvalue weighted by Crippen LogP contribution is 2.26. The fraction of sp³-hybridized carbons (Fsp3) is 0.176. The standard InChI is InChI=1S/C17H18N2O4/c1-3-23-16-10-12(4-9-15(16)20)11-18-19-14-7-5-13(6-8-14)17(21)22-2/h4-11,19-20H,3H2,1-2H3/b18-11+. The number of hydrazone groups is 1. The van der Waals surface area contributed by atoms with Crippen LogP contribution in [0.25, 0.3) is 0 Å². The van der Waals surface area contributed by atoms with Gasteiger partial charge in [-0.1, -0.05) is 0 Å². The van der Waals surface area contributed by atoms with Crippen LogP contribution >= 0.6 is 0 Å². The van der Waals surface area contributed by atoms with E-state index in [-0.39, 0.29) is 11.7 Å². The van der Waals surface area contributed by atoms with Gasteiger partial charge >= 0.3 is 5.97 Å². The number of rotatable bonds is 6. The molecule has 0 saturated heterocycles. The van der Waals surface area contributed by atoms with Crippen molar-refractivity contribution in [1.82, 2.24) is 0 Å². The average molecular weight is 314 g/mol. The molecule has 0 aromatic heterocycles. The zero-order valence-electron chi connectivity index (χ0n) is 12.9. The fourth-order valence-electron chi connectivity index (χ4n) is 1.86. The summed E-state index contributed by atoms with van der Waals surface area (Å²) in [7, 11) is 1.34. The summed E-state index contributed by atoms with van der Waals surface area (Å²) in [5.41, 5.74) is 4.85. The third-order valence-corrected chi connectivity index (χ3v) is 3.00. The van der Waals surface area contributed by atoms with Crippen LogP contribution < -0.4 is 10.2 Å². The second-order valence-corrected chi connectivity index (χ2v) is 4.60. The minimum absolute atomic E-state index is 0.0929. The fourth-order valence-corrected chi connectivity index (χ4v) is 1.86. The summed E-state index contributed by atoms with van der Waals surface area (Å²) >= 11 is 0. The van der Waals surface area contributed by atoms with Crippen LogP contribution in [0.15, 0.2) is 47.6 Å². The zero-order valence-corrected chi connectivity index (χ0v) is 12.9. The Morgan fingerprint density at radius 1 is 1.26 bits per heavy atom. The van der Waals surface area contributed by atoms with Gasteiger partial charge in [-0.05, 0) is 55.0 Å². The molecule has 0 aliphatic rings. The molecule has 0 amide bonds. The lowest BCUT2D eigenvalue weighted by atomic mass is 10.2. The number of nitrogens with one attached hydrogen (secondary N) is 1. The van der Waals surface area contributed by atoms with Crippen molar-refractivity contribution in [1.29, 1.82) is 0 Å². The first-order valence-corrected chi connectivity index (χ1v) is 7.07. The summed E-state index contributed by atoms with van der Waals surface area (Å²) in [6.07, 6.45) is 1.61. The number of ether oxygens (including phenoxy) is 2. The van der Waals surface area contributed by atoms with Gasteiger partial charge in [0.15, 0.2) is 11.5 Å². The van der Waals surface area contributed by atoms with Crippen molar-refractivity contribution in [2.45, 2.75) is 6.92 Å². The quantitative estimate of drug-likeness (QED) is 0.487. The molecule has 0 spiro atoms. The van der Waals surface area contributed by atoms with Crippen LogP contribution in [-0.2, 0) is 4.74 Å². The topological polar surface area (TPSA) is 80.2 Å². The van der Waals surface area contributed by atoms with Gasteiger partial charge in [0.05, 0.1) is 31.2 Å². The summed E-state index contributed by atoms with van der Waals surface area (Å²) in [4.78, 5) is 11.3. The summed E-state index contributed by atoms with van der Waals surface area (Å²) in [6.45, 7) is 2.32. The van der Waals surface area contributed by atoms with Crippen molar-refractivity contribution in [2.75, 3.05) is 19.1 Å². The predicted molar refractivity (Wildman–Crippen MR) is 88.3 cm³/mol. The number of esters is 1. The first kappa shape index (κ1) is 16.4. The SMILES string of the molecule is CCOc1cc(/C=N/Nc2ccc(C(=O)OC)cc2)ccc1O. The molecular formula is C17H18N2O4. The molecule has 2 aromatic carbocycles. The lowest BCUT2D eigenvalue weighted by Crippen LogP contribution is -2.00. The van der Waals surface area contributed by atoms with Crippen LogP contribution in [0.5, 0.6) is 11.5 Å². The zero-order chi connectivity index (χ0) is 16.7. The van der Waals surface area contributed by atoms with E-state index in [0.29, 0.717) is 17.9 Å². The van der Waals surface area contributed by atoms with Crippen LogP contribution in [0.3, 0.4) is 0 Å². The van der Waals surface area contributed by atoms with Crippen molar-refractivity contribution >= 4 is 17.9 Å². The molecule has 0 unspecified atom stereocenters. The second kappa shape index (κ2) is 7.84. The van der Waals surface area contributed by atoms with E-state index in [1.165, 1.54) is 7.11 Å². The van der Waals surface area contributed by atoms with Crippen molar-refractivity contribution in [3.05, 3.63) is 53.6 Å². The number of aromatic hydroxyl groups is 1. The highest BCUT2D eigenvalue weighted by Gasteiger charge is 2.04. The molecule has 0 aliphatic carbocycles. The second-order valence-electron chi connectivity index (χ2n) is 4.60. The van der Waals surface area contributed by atoms with E-state index in [2.05, 4.69) is 15.3 Å². The smallest absolute Gasteiger partial charge is 0.337 e. The molecule has 0 bridgehead atoms. The Balaban J connectivity index is 2.01. The van der Waals surface area contributed by atoms with E-state index in [0.717, 1.165) is 11.3 Å². The van der Waals surface area contributed by atoms with Gasteiger partial charge in [-0.3, -0.25) is 5.43 Å². The molecule has 2 rings (SSSR count). The van der Waals surface area contributed by atoms with Crippen LogP contribution in [0.1, 0.15) is 22.8 Å². The van der Waals surface area contributed by atoms with Crippen LogP contribution in [-0.4, -0.2) is 31.0 Å². The van der Waals surface area contributed by atoms with Crippen molar-refractivity contribution < 1.29 is 19.4 Å². The molecule has 2 aromatic rings. The summed E-state index contributed by atoms with van der Waals surface area (Å²) < 4.78 is 9.95. The van der Waals surface area contributed by atoms with E-state index in [9.17, 15) is 9.90 Å². The molecule has 6 nitrogen and oxygen atoms in total. The van der Waals surface area contributed by atoms with E-state index >= 15 is 0 Å². The molecule has 6 heteroatoms. The van der Waals surface area contributed by atoms with Crippen LogP contribution in [0.2, 0.25) is 0 Å². The molecular weight excluding hydrogens is 296 g/mol. The first-order valence-electron chi connectivity index (χ1n) is 7.07. The number of nitrogens with zero attached hydrogens (tertiary/aromatic N) is 1. The van der Waals surface area contributed by atoms with Gasteiger partial charge in [0, 0.05) is 0 Å². The number of methoxy groups -OCH3 is 1. The summed E-state index contributed by atoms with van der Waals surface area (Å²) in [5.74, 6) is 0.127. The van der Waals surface area contributed by atoms with E-state index in [1.54, 1.807) is 48.7 Å².